The van der Waals surface area contributed by atoms with E-state index in [0.29, 0.717) is 24.1 Å². The summed E-state index contributed by atoms with van der Waals surface area (Å²) in [5, 5.41) is 6.71. The Bertz CT molecular complexity index is 1660. The molecule has 10 heteroatoms. The second-order valence-electron chi connectivity index (χ2n) is 9.69. The molecular weight excluding hydrogens is 567 g/mol. The van der Waals surface area contributed by atoms with Crippen LogP contribution in [-0.4, -0.2) is 43.0 Å². The van der Waals surface area contributed by atoms with Gasteiger partial charge in [0.05, 0.1) is 18.4 Å². The van der Waals surface area contributed by atoms with E-state index in [1.165, 1.54) is 25.3 Å². The van der Waals surface area contributed by atoms with E-state index in [4.69, 9.17) is 4.74 Å². The number of urea groups is 1. The Morgan fingerprint density at radius 3 is 2.42 bits per heavy atom. The highest BCUT2D eigenvalue weighted by Gasteiger charge is 2.34. The number of esters is 1. The Labute approximate surface area is 252 Å². The quantitative estimate of drug-likeness (QED) is 0.132. The van der Waals surface area contributed by atoms with Crippen LogP contribution in [0.25, 0.3) is 0 Å². The minimum absolute atomic E-state index is 0.123. The highest BCUT2D eigenvalue weighted by Crippen LogP contribution is 2.33. The minimum atomic E-state index is -0.695. The molecule has 4 aromatic carbocycles. The van der Waals surface area contributed by atoms with Crippen LogP contribution < -0.4 is 15.6 Å². The van der Waals surface area contributed by atoms with Gasteiger partial charge in [0, 0.05) is 28.4 Å². The summed E-state index contributed by atoms with van der Waals surface area (Å²) in [5.74, 6) is -0.404. The van der Waals surface area contributed by atoms with E-state index in [2.05, 4.69) is 15.8 Å². The first-order chi connectivity index (χ1) is 20.9. The lowest BCUT2D eigenvalue weighted by atomic mass is 10.1. The number of halogens is 1. The van der Waals surface area contributed by atoms with Crippen LogP contribution in [0.2, 0.25) is 0 Å². The summed E-state index contributed by atoms with van der Waals surface area (Å²) in [4.78, 5) is 40.3. The molecule has 8 nitrogen and oxygen atoms in total. The molecule has 4 aromatic rings. The fourth-order valence-electron chi connectivity index (χ4n) is 4.64. The number of thioether (sulfide) groups is 1. The number of aryl methyl sites for hydroxylation is 1. The molecule has 0 spiro atoms. The van der Waals surface area contributed by atoms with Gasteiger partial charge in [0.1, 0.15) is 5.82 Å². The second-order valence-corrected chi connectivity index (χ2v) is 10.9. The maximum absolute atomic E-state index is 13.5. The van der Waals surface area contributed by atoms with Crippen LogP contribution in [0, 0.1) is 5.82 Å². The number of anilines is 2. The van der Waals surface area contributed by atoms with Crippen molar-refractivity contribution in [3.8, 4) is 0 Å². The van der Waals surface area contributed by atoms with Gasteiger partial charge in [0.25, 0.3) is 5.91 Å². The zero-order valence-electron chi connectivity index (χ0n) is 23.4. The van der Waals surface area contributed by atoms with E-state index in [0.717, 1.165) is 33.9 Å². The van der Waals surface area contributed by atoms with E-state index in [1.807, 2.05) is 60.7 Å². The fourth-order valence-corrected chi connectivity index (χ4v) is 5.58. The Morgan fingerprint density at radius 1 is 0.907 bits per heavy atom. The molecule has 0 radical (unpaired) electrons. The molecule has 0 aromatic heterocycles. The lowest BCUT2D eigenvalue weighted by Crippen LogP contribution is -2.34. The smallest absolute Gasteiger partial charge is 0.339 e. The van der Waals surface area contributed by atoms with Gasteiger partial charge in [0.2, 0.25) is 0 Å². The monoisotopic (exact) mass is 596 g/mol. The van der Waals surface area contributed by atoms with Crippen molar-refractivity contribution in [3.63, 3.8) is 0 Å². The third kappa shape index (κ3) is 7.47. The van der Waals surface area contributed by atoms with Crippen LogP contribution in [0.1, 0.15) is 27.0 Å². The summed E-state index contributed by atoms with van der Waals surface area (Å²) < 4.78 is 18.3. The topological polar surface area (TPSA) is 100 Å². The third-order valence-corrected chi connectivity index (χ3v) is 7.81. The molecule has 0 atom stereocenters. The number of fused-ring (bicyclic) bond motifs is 1. The van der Waals surface area contributed by atoms with Gasteiger partial charge in [-0.3, -0.25) is 4.79 Å². The molecule has 0 saturated heterocycles. The summed E-state index contributed by atoms with van der Waals surface area (Å²) >= 11 is 1.63. The standard InChI is InChI=1S/C33H29FN4O4S/c1-42-32(40)24-12-10-23(11-13-24)17-19-43-27-14-15-29-28(21-27)30(31(39)38(29)18-16-22-6-3-2-4-7-22)36-37-33(41)35-26-9-5-8-25(34)20-26/h2-15,20-21H,16-19H2,1H3,(H2,35,37,41)/b36-30+. The van der Waals surface area contributed by atoms with E-state index < -0.39 is 11.8 Å². The SMILES string of the molecule is COC(=O)c1ccc(CCSc2ccc3c(c2)/C(=N\NC(=O)Nc2cccc(F)c2)C(=O)N3CCc2ccccc2)cc1. The number of benzene rings is 4. The lowest BCUT2D eigenvalue weighted by Gasteiger charge is -2.17. The largest absolute Gasteiger partial charge is 0.465 e. The van der Waals surface area contributed by atoms with E-state index in [-0.39, 0.29) is 23.3 Å². The van der Waals surface area contributed by atoms with Gasteiger partial charge in [-0.1, -0.05) is 48.5 Å². The Hall–Kier alpha value is -4.96. The molecule has 3 amide bonds. The Balaban J connectivity index is 1.31. The van der Waals surface area contributed by atoms with Gasteiger partial charge in [-0.2, -0.15) is 5.10 Å². The van der Waals surface area contributed by atoms with Crippen molar-refractivity contribution < 1.29 is 23.5 Å². The maximum atomic E-state index is 13.5. The average Bonchev–Trinajstić information content (AvgIpc) is 3.28. The molecule has 0 unspecified atom stereocenters. The van der Waals surface area contributed by atoms with Gasteiger partial charge in [-0.15, -0.1) is 11.8 Å². The zero-order chi connectivity index (χ0) is 30.2. The molecule has 1 heterocycles. The first-order valence-electron chi connectivity index (χ1n) is 13.6. The highest BCUT2D eigenvalue weighted by atomic mass is 32.2. The molecule has 0 bridgehead atoms. The molecule has 0 aliphatic carbocycles. The zero-order valence-corrected chi connectivity index (χ0v) is 24.2. The predicted octanol–water partition coefficient (Wildman–Crippen LogP) is 6.06. The van der Waals surface area contributed by atoms with Gasteiger partial charge in [-0.25, -0.2) is 19.4 Å². The number of methoxy groups -OCH3 is 1. The van der Waals surface area contributed by atoms with Crippen molar-refractivity contribution in [1.82, 2.24) is 5.43 Å². The lowest BCUT2D eigenvalue weighted by molar-refractivity contribution is -0.112. The van der Waals surface area contributed by atoms with Gasteiger partial charge < -0.3 is 15.0 Å². The number of hydrazone groups is 1. The van der Waals surface area contributed by atoms with Crippen molar-refractivity contribution in [1.29, 1.82) is 0 Å². The third-order valence-electron chi connectivity index (χ3n) is 6.81. The summed E-state index contributed by atoms with van der Waals surface area (Å²) in [6.07, 6.45) is 1.42. The molecule has 2 N–H and O–H groups in total. The molecule has 1 aliphatic rings. The predicted molar refractivity (Wildman–Crippen MR) is 166 cm³/mol. The number of hydrogen-bond donors (Lipinski definition) is 2. The minimum Gasteiger partial charge on any atom is -0.465 e. The number of rotatable bonds is 10. The average molecular weight is 597 g/mol. The summed E-state index contributed by atoms with van der Waals surface area (Å²) in [6.45, 7) is 0.443. The van der Waals surface area contributed by atoms with Crippen molar-refractivity contribution in [2.75, 3.05) is 29.6 Å². The van der Waals surface area contributed by atoms with Gasteiger partial charge in [-0.05, 0) is 72.5 Å². The molecule has 0 fully saturated rings. The number of hydrogen-bond acceptors (Lipinski definition) is 6. The van der Waals surface area contributed by atoms with Crippen LogP contribution in [0.5, 0.6) is 0 Å². The number of ether oxygens (including phenoxy) is 1. The number of carbonyl (C=O) groups is 3. The summed E-state index contributed by atoms with van der Waals surface area (Å²) in [5.41, 5.74) is 6.80. The van der Waals surface area contributed by atoms with Gasteiger partial charge >= 0.3 is 12.0 Å². The fraction of sp³-hybridized carbons (Fsp3) is 0.152. The molecular formula is C33H29FN4O4S. The van der Waals surface area contributed by atoms with E-state index in [9.17, 15) is 18.8 Å². The summed E-state index contributed by atoms with van der Waals surface area (Å²) in [7, 11) is 1.35. The van der Waals surface area contributed by atoms with Crippen LogP contribution in [0.4, 0.5) is 20.6 Å². The second kappa shape index (κ2) is 13.8. The van der Waals surface area contributed by atoms with Crippen LogP contribution in [0.3, 0.4) is 0 Å². The van der Waals surface area contributed by atoms with E-state index >= 15 is 0 Å². The van der Waals surface area contributed by atoms with Crippen LogP contribution >= 0.6 is 11.8 Å². The molecule has 218 valence electrons. The first kappa shape index (κ1) is 29.5. The number of carbonyl (C=O) groups excluding carboxylic acids is 3. The number of nitrogens with one attached hydrogen (secondary N) is 2. The normalized spacial score (nSPS) is 13.1. The van der Waals surface area contributed by atoms with E-state index in [1.54, 1.807) is 34.9 Å². The highest BCUT2D eigenvalue weighted by molar-refractivity contribution is 7.99. The van der Waals surface area contributed by atoms with Gasteiger partial charge in [0.15, 0.2) is 5.71 Å². The van der Waals surface area contributed by atoms with Crippen molar-refractivity contribution >= 4 is 46.8 Å². The summed E-state index contributed by atoms with van der Waals surface area (Å²) in [6, 6.07) is 27.8. The van der Waals surface area contributed by atoms with Crippen LogP contribution in [0.15, 0.2) is 107 Å². The molecule has 0 saturated carbocycles. The molecule has 1 aliphatic heterocycles. The van der Waals surface area contributed by atoms with Crippen molar-refractivity contribution in [2.24, 2.45) is 5.10 Å². The van der Waals surface area contributed by atoms with Crippen molar-refractivity contribution in [2.45, 2.75) is 17.7 Å². The van der Waals surface area contributed by atoms with Crippen molar-refractivity contribution in [3.05, 3.63) is 125 Å². The maximum Gasteiger partial charge on any atom is 0.339 e. The Morgan fingerprint density at radius 2 is 1.67 bits per heavy atom. The Kier molecular flexibility index (Phi) is 9.48. The number of nitrogens with zero attached hydrogens (tertiary/aromatic N) is 2. The number of amides is 3. The molecule has 43 heavy (non-hydrogen) atoms. The van der Waals surface area contributed by atoms with Crippen LogP contribution in [-0.2, 0) is 22.4 Å². The molecule has 5 rings (SSSR count). The first-order valence-corrected chi connectivity index (χ1v) is 14.6.